The van der Waals surface area contributed by atoms with Crippen molar-refractivity contribution in [3.63, 3.8) is 0 Å². The highest BCUT2D eigenvalue weighted by Crippen LogP contribution is 2.25. The van der Waals surface area contributed by atoms with Crippen molar-refractivity contribution in [3.8, 4) is 0 Å². The first-order valence-electron chi connectivity index (χ1n) is 4.88. The number of allylic oxidation sites excluding steroid dienone is 1. The second-order valence-corrected chi connectivity index (χ2v) is 4.83. The highest BCUT2D eigenvalue weighted by molar-refractivity contribution is 9.10. The van der Waals surface area contributed by atoms with Crippen molar-refractivity contribution in [2.75, 3.05) is 6.54 Å². The van der Waals surface area contributed by atoms with Crippen molar-refractivity contribution in [2.45, 2.75) is 36.6 Å². The Bertz CT molecular complexity index is 239. The Morgan fingerprint density at radius 1 is 1.38 bits per heavy atom. The van der Waals surface area contributed by atoms with Crippen LogP contribution >= 0.6 is 15.9 Å². The summed E-state index contributed by atoms with van der Waals surface area (Å²) in [6.45, 7) is 0.938. The number of rotatable bonds is 1. The molecule has 13 heavy (non-hydrogen) atoms. The molecule has 1 fully saturated rings. The van der Waals surface area contributed by atoms with Gasteiger partial charge in [0.1, 0.15) is 0 Å². The molecule has 2 aliphatic rings. The third-order valence-corrected chi connectivity index (χ3v) is 3.71. The Morgan fingerprint density at radius 2 is 2.23 bits per heavy atom. The number of hydrogen-bond donors (Lipinski definition) is 0. The fourth-order valence-electron chi connectivity index (χ4n) is 2.09. The predicted molar refractivity (Wildman–Crippen MR) is 55.8 cm³/mol. The maximum absolute atomic E-state index is 11.7. The SMILES string of the molecule is O=C1C(Br)CCN1C1CC=CCC1. The minimum absolute atomic E-state index is 0.0819. The van der Waals surface area contributed by atoms with E-state index in [0.29, 0.717) is 11.9 Å². The molecule has 72 valence electrons. The molecule has 2 unspecified atom stereocenters. The maximum Gasteiger partial charge on any atom is 0.236 e. The van der Waals surface area contributed by atoms with Crippen LogP contribution in [-0.4, -0.2) is 28.2 Å². The van der Waals surface area contributed by atoms with E-state index in [2.05, 4.69) is 28.1 Å². The van der Waals surface area contributed by atoms with Gasteiger partial charge in [-0.3, -0.25) is 4.79 Å². The van der Waals surface area contributed by atoms with Gasteiger partial charge in [0, 0.05) is 12.6 Å². The first-order chi connectivity index (χ1) is 6.29. The predicted octanol–water partition coefficient (Wildman–Crippen LogP) is 2.09. The summed E-state index contributed by atoms with van der Waals surface area (Å²) in [7, 11) is 0. The molecule has 3 heteroatoms. The van der Waals surface area contributed by atoms with Crippen LogP contribution in [0.3, 0.4) is 0 Å². The zero-order chi connectivity index (χ0) is 9.26. The summed E-state index contributed by atoms with van der Waals surface area (Å²) in [6, 6.07) is 0.472. The van der Waals surface area contributed by atoms with Gasteiger partial charge in [-0.05, 0) is 25.7 Å². The van der Waals surface area contributed by atoms with Gasteiger partial charge in [0.25, 0.3) is 0 Å². The molecule has 0 aromatic heterocycles. The summed E-state index contributed by atoms with van der Waals surface area (Å²) in [5, 5.41) is 0. The number of amides is 1. The van der Waals surface area contributed by atoms with Crippen LogP contribution in [0.15, 0.2) is 12.2 Å². The largest absolute Gasteiger partial charge is 0.338 e. The second-order valence-electron chi connectivity index (χ2n) is 3.73. The van der Waals surface area contributed by atoms with E-state index in [-0.39, 0.29) is 4.83 Å². The number of halogens is 1. The number of likely N-dealkylation sites (tertiary alicyclic amines) is 1. The van der Waals surface area contributed by atoms with Gasteiger partial charge in [0.2, 0.25) is 5.91 Å². The highest BCUT2D eigenvalue weighted by atomic mass is 79.9. The Hall–Kier alpha value is -0.310. The lowest BCUT2D eigenvalue weighted by Crippen LogP contribution is -2.38. The third kappa shape index (κ3) is 1.80. The van der Waals surface area contributed by atoms with Crippen LogP contribution in [0, 0.1) is 0 Å². The molecule has 2 nitrogen and oxygen atoms in total. The van der Waals surface area contributed by atoms with Crippen molar-refractivity contribution in [1.82, 2.24) is 4.90 Å². The summed E-state index contributed by atoms with van der Waals surface area (Å²) in [5.41, 5.74) is 0. The van der Waals surface area contributed by atoms with E-state index in [1.54, 1.807) is 0 Å². The van der Waals surface area contributed by atoms with E-state index >= 15 is 0 Å². The smallest absolute Gasteiger partial charge is 0.236 e. The van der Waals surface area contributed by atoms with Crippen LogP contribution in [0.4, 0.5) is 0 Å². The fourth-order valence-corrected chi connectivity index (χ4v) is 2.56. The van der Waals surface area contributed by atoms with Crippen LogP contribution in [0.2, 0.25) is 0 Å². The minimum Gasteiger partial charge on any atom is -0.338 e. The molecular formula is C10H14BrNO. The molecule has 1 aliphatic carbocycles. The molecule has 1 aliphatic heterocycles. The molecule has 2 atom stereocenters. The first kappa shape index (κ1) is 9.25. The average molecular weight is 244 g/mol. The molecule has 1 amide bonds. The van der Waals surface area contributed by atoms with Gasteiger partial charge >= 0.3 is 0 Å². The van der Waals surface area contributed by atoms with Crippen molar-refractivity contribution in [3.05, 3.63) is 12.2 Å². The molecule has 1 heterocycles. The van der Waals surface area contributed by atoms with E-state index in [0.717, 1.165) is 32.2 Å². The molecule has 0 N–H and O–H groups in total. The Labute approximate surface area is 87.1 Å². The molecule has 0 radical (unpaired) electrons. The van der Waals surface area contributed by atoms with Crippen LogP contribution in [0.5, 0.6) is 0 Å². The quantitative estimate of drug-likeness (QED) is 0.511. The summed E-state index contributed by atoms with van der Waals surface area (Å²) in [4.78, 5) is 13.8. The highest BCUT2D eigenvalue weighted by Gasteiger charge is 2.33. The van der Waals surface area contributed by atoms with Crippen molar-refractivity contribution in [2.24, 2.45) is 0 Å². The van der Waals surface area contributed by atoms with Gasteiger partial charge < -0.3 is 4.90 Å². The van der Waals surface area contributed by atoms with Gasteiger partial charge in [0.15, 0.2) is 0 Å². The lowest BCUT2D eigenvalue weighted by atomic mass is 10.0. The van der Waals surface area contributed by atoms with Gasteiger partial charge in [-0.1, -0.05) is 28.1 Å². The second kappa shape index (κ2) is 3.82. The average Bonchev–Trinajstić information content (AvgIpc) is 2.49. The molecule has 0 spiro atoms. The normalized spacial score (nSPS) is 34.2. The van der Waals surface area contributed by atoms with E-state index in [1.807, 2.05) is 4.90 Å². The van der Waals surface area contributed by atoms with Gasteiger partial charge in [0.05, 0.1) is 4.83 Å². The van der Waals surface area contributed by atoms with E-state index in [9.17, 15) is 4.79 Å². The standard InChI is InChI=1S/C10H14BrNO/c11-9-6-7-12(10(9)13)8-4-2-1-3-5-8/h1-2,8-9H,3-7H2. The molecule has 0 bridgehead atoms. The van der Waals surface area contributed by atoms with Crippen molar-refractivity contribution < 1.29 is 4.79 Å². The molecule has 1 saturated heterocycles. The van der Waals surface area contributed by atoms with Crippen LogP contribution in [-0.2, 0) is 4.79 Å². The number of carbonyl (C=O) groups excluding carboxylic acids is 1. The number of alkyl halides is 1. The minimum atomic E-state index is 0.0819. The maximum atomic E-state index is 11.7. The van der Waals surface area contributed by atoms with Gasteiger partial charge in [-0.2, -0.15) is 0 Å². The fraction of sp³-hybridized carbons (Fsp3) is 0.700. The summed E-state index contributed by atoms with van der Waals surface area (Å²) >= 11 is 3.40. The summed E-state index contributed by atoms with van der Waals surface area (Å²) in [6.07, 6.45) is 8.69. The van der Waals surface area contributed by atoms with E-state index in [4.69, 9.17) is 0 Å². The van der Waals surface area contributed by atoms with Gasteiger partial charge in [-0.25, -0.2) is 0 Å². The van der Waals surface area contributed by atoms with Crippen molar-refractivity contribution in [1.29, 1.82) is 0 Å². The molecule has 0 aromatic carbocycles. The van der Waals surface area contributed by atoms with E-state index < -0.39 is 0 Å². The molecule has 0 saturated carbocycles. The van der Waals surface area contributed by atoms with Crippen LogP contribution in [0.1, 0.15) is 25.7 Å². The first-order valence-corrected chi connectivity index (χ1v) is 5.80. The third-order valence-electron chi connectivity index (χ3n) is 2.86. The molecule has 0 aromatic rings. The molecular weight excluding hydrogens is 230 g/mol. The van der Waals surface area contributed by atoms with Crippen LogP contribution < -0.4 is 0 Å². The Morgan fingerprint density at radius 3 is 2.77 bits per heavy atom. The lowest BCUT2D eigenvalue weighted by molar-refractivity contribution is -0.129. The zero-order valence-electron chi connectivity index (χ0n) is 7.58. The molecule has 2 rings (SSSR count). The van der Waals surface area contributed by atoms with Crippen LogP contribution in [0.25, 0.3) is 0 Å². The van der Waals surface area contributed by atoms with E-state index in [1.165, 1.54) is 0 Å². The number of nitrogens with zero attached hydrogens (tertiary/aromatic N) is 1. The lowest BCUT2D eigenvalue weighted by Gasteiger charge is -2.28. The number of hydrogen-bond acceptors (Lipinski definition) is 1. The van der Waals surface area contributed by atoms with Crippen molar-refractivity contribution >= 4 is 21.8 Å². The summed E-state index contributed by atoms with van der Waals surface area (Å²) in [5.74, 6) is 0.292. The Balaban J connectivity index is 2.01. The van der Waals surface area contributed by atoms with Gasteiger partial charge in [-0.15, -0.1) is 0 Å². The zero-order valence-corrected chi connectivity index (χ0v) is 9.16. The Kier molecular flexibility index (Phi) is 2.72. The summed E-state index contributed by atoms with van der Waals surface area (Å²) < 4.78 is 0. The topological polar surface area (TPSA) is 20.3 Å². The number of carbonyl (C=O) groups is 1. The monoisotopic (exact) mass is 243 g/mol.